The number of phenolic OH excluding ortho intramolecular Hbond substituents is 1. The number of hydrogen-bond donors (Lipinski definition) is 1. The quantitative estimate of drug-likeness (QED) is 0.499. The SMILES string of the molecule is CC(=O)c1ccccc1OCCSc1cccc(O)c1. The highest BCUT2D eigenvalue weighted by atomic mass is 32.2. The molecule has 0 saturated carbocycles. The van der Waals surface area contributed by atoms with Gasteiger partial charge in [0.2, 0.25) is 0 Å². The summed E-state index contributed by atoms with van der Waals surface area (Å²) in [5.74, 6) is 1.63. The first-order chi connectivity index (χ1) is 9.66. The zero-order valence-electron chi connectivity index (χ0n) is 11.2. The molecule has 4 heteroatoms. The highest BCUT2D eigenvalue weighted by Gasteiger charge is 2.06. The number of ketones is 1. The van der Waals surface area contributed by atoms with E-state index in [1.807, 2.05) is 24.3 Å². The number of aromatic hydroxyl groups is 1. The van der Waals surface area contributed by atoms with E-state index in [0.717, 1.165) is 10.6 Å². The van der Waals surface area contributed by atoms with Crippen LogP contribution in [0.25, 0.3) is 0 Å². The zero-order chi connectivity index (χ0) is 14.4. The predicted molar refractivity (Wildman–Crippen MR) is 80.8 cm³/mol. The van der Waals surface area contributed by atoms with Gasteiger partial charge >= 0.3 is 0 Å². The van der Waals surface area contributed by atoms with E-state index in [-0.39, 0.29) is 11.5 Å². The molecule has 0 spiro atoms. The predicted octanol–water partition coefficient (Wildman–Crippen LogP) is 3.77. The molecular weight excluding hydrogens is 272 g/mol. The van der Waals surface area contributed by atoms with Crippen molar-refractivity contribution in [3.05, 3.63) is 54.1 Å². The Hall–Kier alpha value is -1.94. The van der Waals surface area contributed by atoms with Crippen molar-refractivity contribution in [3.63, 3.8) is 0 Å². The molecule has 0 bridgehead atoms. The van der Waals surface area contributed by atoms with Crippen molar-refractivity contribution < 1.29 is 14.6 Å². The third-order valence-electron chi connectivity index (χ3n) is 2.69. The summed E-state index contributed by atoms with van der Waals surface area (Å²) in [6, 6.07) is 14.3. The van der Waals surface area contributed by atoms with E-state index in [9.17, 15) is 9.90 Å². The van der Waals surface area contributed by atoms with Crippen LogP contribution in [0.4, 0.5) is 0 Å². The summed E-state index contributed by atoms with van der Waals surface area (Å²) >= 11 is 1.60. The maximum atomic E-state index is 11.4. The molecule has 2 aromatic carbocycles. The minimum absolute atomic E-state index is 0.00114. The Morgan fingerprint density at radius 2 is 2.00 bits per heavy atom. The van der Waals surface area contributed by atoms with Crippen molar-refractivity contribution in [2.45, 2.75) is 11.8 Å². The topological polar surface area (TPSA) is 46.5 Å². The third kappa shape index (κ3) is 4.03. The lowest BCUT2D eigenvalue weighted by atomic mass is 10.1. The molecule has 2 aromatic rings. The van der Waals surface area contributed by atoms with Gasteiger partial charge in [0.1, 0.15) is 11.5 Å². The van der Waals surface area contributed by atoms with Gasteiger partial charge in [-0.3, -0.25) is 4.79 Å². The van der Waals surface area contributed by atoms with Gasteiger partial charge in [0.25, 0.3) is 0 Å². The van der Waals surface area contributed by atoms with Crippen LogP contribution >= 0.6 is 11.8 Å². The van der Waals surface area contributed by atoms with Gasteiger partial charge in [0, 0.05) is 10.6 Å². The standard InChI is InChI=1S/C16H16O3S/c1-12(17)15-7-2-3-8-16(15)19-9-10-20-14-6-4-5-13(18)11-14/h2-8,11,18H,9-10H2,1H3. The Bertz CT molecular complexity index is 596. The minimum Gasteiger partial charge on any atom is -0.508 e. The maximum Gasteiger partial charge on any atom is 0.163 e. The molecule has 104 valence electrons. The number of thioether (sulfide) groups is 1. The molecule has 0 aliphatic carbocycles. The smallest absolute Gasteiger partial charge is 0.163 e. The monoisotopic (exact) mass is 288 g/mol. The van der Waals surface area contributed by atoms with Gasteiger partial charge in [0.05, 0.1) is 12.2 Å². The van der Waals surface area contributed by atoms with Crippen LogP contribution in [0.5, 0.6) is 11.5 Å². The molecule has 0 saturated heterocycles. The van der Waals surface area contributed by atoms with Gasteiger partial charge in [-0.25, -0.2) is 0 Å². The van der Waals surface area contributed by atoms with Crippen molar-refractivity contribution >= 4 is 17.5 Å². The fourth-order valence-electron chi connectivity index (χ4n) is 1.77. The molecule has 0 heterocycles. The molecule has 0 aromatic heterocycles. The first-order valence-corrected chi connectivity index (χ1v) is 7.30. The number of para-hydroxylation sites is 1. The number of hydrogen-bond acceptors (Lipinski definition) is 4. The minimum atomic E-state index is 0.00114. The van der Waals surface area contributed by atoms with Crippen LogP contribution in [0.2, 0.25) is 0 Å². The number of phenols is 1. The number of benzene rings is 2. The molecule has 0 aliphatic heterocycles. The van der Waals surface area contributed by atoms with Crippen molar-refractivity contribution in [1.29, 1.82) is 0 Å². The average molecular weight is 288 g/mol. The van der Waals surface area contributed by atoms with Crippen LogP contribution in [0.15, 0.2) is 53.4 Å². The zero-order valence-corrected chi connectivity index (χ0v) is 12.0. The second kappa shape index (κ2) is 7.01. The highest BCUT2D eigenvalue weighted by molar-refractivity contribution is 7.99. The van der Waals surface area contributed by atoms with Crippen molar-refractivity contribution in [3.8, 4) is 11.5 Å². The van der Waals surface area contributed by atoms with E-state index in [1.165, 1.54) is 6.92 Å². The Morgan fingerprint density at radius 3 is 2.75 bits per heavy atom. The van der Waals surface area contributed by atoms with E-state index in [4.69, 9.17) is 4.74 Å². The van der Waals surface area contributed by atoms with Gasteiger partial charge in [-0.1, -0.05) is 18.2 Å². The van der Waals surface area contributed by atoms with Crippen molar-refractivity contribution in [2.24, 2.45) is 0 Å². The van der Waals surface area contributed by atoms with Crippen molar-refractivity contribution in [2.75, 3.05) is 12.4 Å². The van der Waals surface area contributed by atoms with Gasteiger partial charge in [-0.2, -0.15) is 0 Å². The van der Waals surface area contributed by atoms with Crippen LogP contribution in [0, 0.1) is 0 Å². The van der Waals surface area contributed by atoms with Crippen LogP contribution in [0.3, 0.4) is 0 Å². The molecule has 0 atom stereocenters. The Morgan fingerprint density at radius 1 is 1.20 bits per heavy atom. The van der Waals surface area contributed by atoms with E-state index < -0.39 is 0 Å². The summed E-state index contributed by atoms with van der Waals surface area (Å²) in [5, 5.41) is 9.36. The van der Waals surface area contributed by atoms with Gasteiger partial charge in [0.15, 0.2) is 5.78 Å². The summed E-state index contributed by atoms with van der Waals surface area (Å²) in [5.41, 5.74) is 0.606. The molecule has 0 radical (unpaired) electrons. The van der Waals surface area contributed by atoms with Gasteiger partial charge in [-0.05, 0) is 37.3 Å². The number of rotatable bonds is 6. The van der Waals surface area contributed by atoms with Crippen LogP contribution in [-0.4, -0.2) is 23.2 Å². The summed E-state index contributed by atoms with van der Waals surface area (Å²) in [6.45, 7) is 2.04. The molecule has 3 nitrogen and oxygen atoms in total. The Labute approximate surface area is 122 Å². The lowest BCUT2D eigenvalue weighted by Crippen LogP contribution is -2.04. The van der Waals surface area contributed by atoms with E-state index in [0.29, 0.717) is 17.9 Å². The summed E-state index contributed by atoms with van der Waals surface area (Å²) < 4.78 is 5.65. The number of Topliss-reactive ketones (excluding diaryl/α,β-unsaturated/α-hetero) is 1. The molecule has 0 unspecified atom stereocenters. The summed E-state index contributed by atoms with van der Waals surface area (Å²) in [4.78, 5) is 12.4. The molecule has 0 fully saturated rings. The number of ether oxygens (including phenoxy) is 1. The number of carbonyl (C=O) groups excluding carboxylic acids is 1. The normalized spacial score (nSPS) is 10.2. The molecule has 2 rings (SSSR count). The van der Waals surface area contributed by atoms with Crippen LogP contribution in [0.1, 0.15) is 17.3 Å². The number of carbonyl (C=O) groups is 1. The molecule has 0 aliphatic rings. The fraction of sp³-hybridized carbons (Fsp3) is 0.188. The fourth-order valence-corrected chi connectivity index (χ4v) is 2.55. The highest BCUT2D eigenvalue weighted by Crippen LogP contribution is 2.23. The van der Waals surface area contributed by atoms with E-state index in [1.54, 1.807) is 36.0 Å². The summed E-state index contributed by atoms with van der Waals surface area (Å²) in [6.07, 6.45) is 0. The van der Waals surface area contributed by atoms with Gasteiger partial charge < -0.3 is 9.84 Å². The van der Waals surface area contributed by atoms with E-state index >= 15 is 0 Å². The first kappa shape index (κ1) is 14.5. The van der Waals surface area contributed by atoms with Crippen LogP contribution in [-0.2, 0) is 0 Å². The Kier molecular flexibility index (Phi) is 5.07. The second-order valence-corrected chi connectivity index (χ2v) is 5.41. The van der Waals surface area contributed by atoms with Crippen LogP contribution < -0.4 is 4.74 Å². The van der Waals surface area contributed by atoms with Crippen molar-refractivity contribution in [1.82, 2.24) is 0 Å². The molecule has 20 heavy (non-hydrogen) atoms. The summed E-state index contributed by atoms with van der Waals surface area (Å²) in [7, 11) is 0. The molecular formula is C16H16O3S. The van der Waals surface area contributed by atoms with E-state index in [2.05, 4.69) is 0 Å². The first-order valence-electron chi connectivity index (χ1n) is 6.31. The largest absolute Gasteiger partial charge is 0.508 e. The second-order valence-electron chi connectivity index (χ2n) is 4.25. The Balaban J connectivity index is 1.86. The third-order valence-corrected chi connectivity index (χ3v) is 3.65. The molecule has 0 amide bonds. The van der Waals surface area contributed by atoms with Gasteiger partial charge in [-0.15, -0.1) is 11.8 Å². The lowest BCUT2D eigenvalue weighted by Gasteiger charge is -2.09. The average Bonchev–Trinajstić information content (AvgIpc) is 2.44. The maximum absolute atomic E-state index is 11.4. The lowest BCUT2D eigenvalue weighted by molar-refractivity contribution is 0.101. The molecule has 1 N–H and O–H groups in total.